The van der Waals surface area contributed by atoms with Crippen LogP contribution in [-0.4, -0.2) is 38.7 Å². The third-order valence-corrected chi connectivity index (χ3v) is 5.14. The van der Waals surface area contributed by atoms with Crippen LogP contribution < -0.4 is 0 Å². The summed E-state index contributed by atoms with van der Waals surface area (Å²) in [4.78, 5) is 23.5. The highest BCUT2D eigenvalue weighted by Crippen LogP contribution is 2.12. The summed E-state index contributed by atoms with van der Waals surface area (Å²) in [5, 5.41) is 0. The molecule has 4 nitrogen and oxygen atoms in total. The van der Waals surface area contributed by atoms with Gasteiger partial charge in [-0.1, -0.05) is 0 Å². The lowest BCUT2D eigenvalue weighted by atomic mass is 10.4. The van der Waals surface area contributed by atoms with Crippen molar-refractivity contribution in [3.8, 4) is 0 Å². The van der Waals surface area contributed by atoms with Gasteiger partial charge in [-0.2, -0.15) is 0 Å². The van der Waals surface area contributed by atoms with E-state index in [1.54, 1.807) is 7.11 Å². The SMILES string of the molecule is CO[Si](C)(C)CCCN(C(C)=O)C(C)=O. The van der Waals surface area contributed by atoms with E-state index in [-0.39, 0.29) is 11.8 Å². The van der Waals surface area contributed by atoms with Crippen LogP contribution in [0.3, 0.4) is 0 Å². The zero-order valence-corrected chi connectivity index (χ0v) is 11.3. The molecule has 2 amide bonds. The second-order valence-electron chi connectivity index (χ2n) is 4.26. The van der Waals surface area contributed by atoms with Crippen LogP contribution in [0.4, 0.5) is 0 Å². The molecule has 0 radical (unpaired) electrons. The van der Waals surface area contributed by atoms with E-state index in [0.29, 0.717) is 6.54 Å². The highest BCUT2D eigenvalue weighted by Gasteiger charge is 2.21. The monoisotopic (exact) mass is 231 g/mol. The minimum atomic E-state index is -1.56. The number of nitrogens with zero attached hydrogens (tertiary/aromatic N) is 1. The van der Waals surface area contributed by atoms with Gasteiger partial charge in [0.15, 0.2) is 8.32 Å². The number of carbonyl (C=O) groups is 2. The van der Waals surface area contributed by atoms with Gasteiger partial charge >= 0.3 is 0 Å². The molecule has 0 atom stereocenters. The summed E-state index contributed by atoms with van der Waals surface area (Å²) in [6.45, 7) is 7.59. The van der Waals surface area contributed by atoms with Crippen LogP contribution in [0.1, 0.15) is 20.3 Å². The van der Waals surface area contributed by atoms with Crippen molar-refractivity contribution in [1.82, 2.24) is 4.90 Å². The Hall–Kier alpha value is -0.683. The average molecular weight is 231 g/mol. The van der Waals surface area contributed by atoms with E-state index in [2.05, 4.69) is 13.1 Å². The van der Waals surface area contributed by atoms with Crippen LogP contribution in [0.2, 0.25) is 19.1 Å². The number of imide groups is 1. The van der Waals surface area contributed by atoms with E-state index in [1.165, 1.54) is 18.7 Å². The van der Waals surface area contributed by atoms with E-state index in [1.807, 2.05) is 0 Å². The van der Waals surface area contributed by atoms with Crippen LogP contribution in [0.25, 0.3) is 0 Å². The average Bonchev–Trinajstić information content (AvgIpc) is 2.11. The van der Waals surface area contributed by atoms with E-state index in [9.17, 15) is 9.59 Å². The molecule has 15 heavy (non-hydrogen) atoms. The predicted molar refractivity (Wildman–Crippen MR) is 62.0 cm³/mol. The molecule has 0 rings (SSSR count). The van der Waals surface area contributed by atoms with Gasteiger partial charge < -0.3 is 4.43 Å². The normalized spacial score (nSPS) is 11.3. The molecule has 0 heterocycles. The van der Waals surface area contributed by atoms with Crippen LogP contribution in [0, 0.1) is 0 Å². The molecular formula is C10H21NO3Si. The van der Waals surface area contributed by atoms with Gasteiger partial charge in [0.2, 0.25) is 11.8 Å². The molecule has 0 aliphatic carbocycles. The van der Waals surface area contributed by atoms with Crippen LogP contribution in [-0.2, 0) is 14.0 Å². The first-order chi connectivity index (χ1) is 6.80. The molecule has 0 saturated heterocycles. The van der Waals surface area contributed by atoms with Crippen LogP contribution in [0.15, 0.2) is 0 Å². The summed E-state index contributed by atoms with van der Waals surface area (Å²) in [5.41, 5.74) is 0. The van der Waals surface area contributed by atoms with Crippen molar-refractivity contribution in [2.75, 3.05) is 13.7 Å². The fourth-order valence-corrected chi connectivity index (χ4v) is 2.52. The zero-order chi connectivity index (χ0) is 12.1. The maximum absolute atomic E-state index is 11.1. The smallest absolute Gasteiger partial charge is 0.226 e. The Kier molecular flexibility index (Phi) is 5.75. The van der Waals surface area contributed by atoms with Gasteiger partial charge in [0, 0.05) is 27.5 Å². The van der Waals surface area contributed by atoms with Gasteiger partial charge in [0.05, 0.1) is 0 Å². The van der Waals surface area contributed by atoms with Crippen molar-refractivity contribution in [3.63, 3.8) is 0 Å². The number of hydrogen-bond donors (Lipinski definition) is 0. The van der Waals surface area contributed by atoms with Gasteiger partial charge in [0.1, 0.15) is 0 Å². The van der Waals surface area contributed by atoms with Crippen LogP contribution in [0.5, 0.6) is 0 Å². The molecule has 0 aliphatic rings. The lowest BCUT2D eigenvalue weighted by molar-refractivity contribution is -0.142. The Morgan fingerprint density at radius 1 is 1.20 bits per heavy atom. The summed E-state index contributed by atoms with van der Waals surface area (Å²) in [6, 6.07) is 0.959. The van der Waals surface area contributed by atoms with Crippen molar-refractivity contribution in [2.45, 2.75) is 39.4 Å². The van der Waals surface area contributed by atoms with Gasteiger partial charge in [0.25, 0.3) is 0 Å². The molecule has 0 aromatic rings. The Balaban J connectivity index is 4.03. The summed E-state index contributed by atoms with van der Waals surface area (Å²) >= 11 is 0. The van der Waals surface area contributed by atoms with Gasteiger partial charge in [-0.15, -0.1) is 0 Å². The van der Waals surface area contributed by atoms with Crippen molar-refractivity contribution < 1.29 is 14.0 Å². The van der Waals surface area contributed by atoms with E-state index >= 15 is 0 Å². The molecular weight excluding hydrogens is 210 g/mol. The minimum Gasteiger partial charge on any atom is -0.420 e. The lowest BCUT2D eigenvalue weighted by Gasteiger charge is -2.22. The maximum Gasteiger partial charge on any atom is 0.226 e. The summed E-state index contributed by atoms with van der Waals surface area (Å²) in [7, 11) is 0.159. The van der Waals surface area contributed by atoms with Crippen LogP contribution >= 0.6 is 0 Å². The number of carbonyl (C=O) groups excluding carboxylic acids is 2. The second kappa shape index (κ2) is 6.02. The van der Waals surface area contributed by atoms with Crippen molar-refractivity contribution in [3.05, 3.63) is 0 Å². The molecule has 88 valence electrons. The van der Waals surface area contributed by atoms with Gasteiger partial charge in [-0.25, -0.2) is 0 Å². The predicted octanol–water partition coefficient (Wildman–Crippen LogP) is 1.62. The molecule has 0 N–H and O–H groups in total. The largest absolute Gasteiger partial charge is 0.420 e. The highest BCUT2D eigenvalue weighted by molar-refractivity contribution is 6.71. The van der Waals surface area contributed by atoms with Gasteiger partial charge in [-0.05, 0) is 25.6 Å². The molecule has 0 fully saturated rings. The molecule has 0 aromatic heterocycles. The Bertz CT molecular complexity index is 227. The molecule has 0 bridgehead atoms. The molecule has 0 saturated carbocycles. The standard InChI is InChI=1S/C10H21NO3Si/c1-9(12)11(10(2)13)7-6-8-15(4,5)14-3/h6-8H2,1-5H3. The summed E-state index contributed by atoms with van der Waals surface area (Å²) < 4.78 is 5.39. The number of hydrogen-bond acceptors (Lipinski definition) is 3. The topological polar surface area (TPSA) is 46.6 Å². The first-order valence-corrected chi connectivity index (χ1v) is 8.25. The lowest BCUT2D eigenvalue weighted by Crippen LogP contribution is -2.36. The first-order valence-electron chi connectivity index (χ1n) is 5.14. The fourth-order valence-electron chi connectivity index (χ4n) is 1.30. The summed E-state index contributed by atoms with van der Waals surface area (Å²) in [6.07, 6.45) is 0.826. The summed E-state index contributed by atoms with van der Waals surface area (Å²) in [5.74, 6) is -0.362. The second-order valence-corrected chi connectivity index (χ2v) is 8.68. The molecule has 0 aromatic carbocycles. The highest BCUT2D eigenvalue weighted by atomic mass is 28.4. The zero-order valence-electron chi connectivity index (χ0n) is 10.3. The minimum absolute atomic E-state index is 0.181. The number of rotatable bonds is 5. The van der Waals surface area contributed by atoms with Crippen molar-refractivity contribution in [1.29, 1.82) is 0 Å². The Morgan fingerprint density at radius 2 is 1.67 bits per heavy atom. The van der Waals surface area contributed by atoms with E-state index in [4.69, 9.17) is 4.43 Å². The Morgan fingerprint density at radius 3 is 2.00 bits per heavy atom. The third-order valence-electron chi connectivity index (χ3n) is 2.47. The molecule has 5 heteroatoms. The van der Waals surface area contributed by atoms with Gasteiger partial charge in [-0.3, -0.25) is 14.5 Å². The third kappa shape index (κ3) is 5.69. The molecule has 0 spiro atoms. The molecule has 0 aliphatic heterocycles. The van der Waals surface area contributed by atoms with Crippen molar-refractivity contribution >= 4 is 20.1 Å². The van der Waals surface area contributed by atoms with Crippen molar-refractivity contribution in [2.24, 2.45) is 0 Å². The maximum atomic E-state index is 11.1. The number of amides is 2. The molecule has 0 unspecified atom stereocenters. The Labute approximate surface area is 92.7 Å². The van der Waals surface area contributed by atoms with E-state index in [0.717, 1.165) is 12.5 Å². The first kappa shape index (κ1) is 14.3. The fraction of sp³-hybridized carbons (Fsp3) is 0.800. The quantitative estimate of drug-likeness (QED) is 0.676. The van der Waals surface area contributed by atoms with E-state index < -0.39 is 8.32 Å².